The Kier molecular flexibility index (Phi) is 5.36. The second-order valence-electron chi connectivity index (χ2n) is 5.06. The van der Waals surface area contributed by atoms with E-state index in [1.165, 1.54) is 19.2 Å². The van der Waals surface area contributed by atoms with Gasteiger partial charge in [-0.1, -0.05) is 12.8 Å². The third-order valence-corrected chi connectivity index (χ3v) is 4.98. The van der Waals surface area contributed by atoms with Crippen LogP contribution < -0.4 is 9.46 Å². The number of rotatable bonds is 6. The van der Waals surface area contributed by atoms with E-state index in [0.717, 1.165) is 31.7 Å². The van der Waals surface area contributed by atoms with E-state index in [4.69, 9.17) is 4.74 Å². The summed E-state index contributed by atoms with van der Waals surface area (Å²) in [5.74, 6) is -1.71. The molecule has 0 amide bonds. The fraction of sp³-hybridized carbons (Fsp3) is 0.500. The van der Waals surface area contributed by atoms with Crippen LogP contribution in [0.4, 0.5) is 4.39 Å². The minimum Gasteiger partial charge on any atom is -0.479 e. The number of halogens is 1. The molecule has 0 radical (unpaired) electrons. The zero-order valence-electron chi connectivity index (χ0n) is 12.2. The number of esters is 1. The van der Waals surface area contributed by atoms with Crippen LogP contribution in [0.2, 0.25) is 0 Å². The molecule has 22 heavy (non-hydrogen) atoms. The number of methoxy groups -OCH3 is 1. The minimum atomic E-state index is -3.76. The van der Waals surface area contributed by atoms with Crippen LogP contribution in [0.3, 0.4) is 0 Å². The van der Waals surface area contributed by atoms with E-state index >= 15 is 0 Å². The van der Waals surface area contributed by atoms with Crippen LogP contribution in [0.5, 0.6) is 5.75 Å². The summed E-state index contributed by atoms with van der Waals surface area (Å²) in [6.07, 6.45) is 3.56. The topological polar surface area (TPSA) is 81.7 Å². The summed E-state index contributed by atoms with van der Waals surface area (Å²) in [5.41, 5.74) is 0. The lowest BCUT2D eigenvalue weighted by molar-refractivity contribution is -0.142. The Morgan fingerprint density at radius 3 is 2.64 bits per heavy atom. The van der Waals surface area contributed by atoms with Crippen molar-refractivity contribution in [2.75, 3.05) is 13.7 Å². The molecule has 0 aliphatic heterocycles. The zero-order valence-corrected chi connectivity index (χ0v) is 13.0. The normalized spacial score (nSPS) is 15.7. The molecule has 122 valence electrons. The summed E-state index contributed by atoms with van der Waals surface area (Å²) < 4.78 is 50.1. The van der Waals surface area contributed by atoms with Crippen molar-refractivity contribution in [1.82, 2.24) is 4.72 Å². The van der Waals surface area contributed by atoms with E-state index in [2.05, 4.69) is 9.46 Å². The van der Waals surface area contributed by atoms with E-state index in [0.29, 0.717) is 0 Å². The first kappa shape index (κ1) is 16.7. The van der Waals surface area contributed by atoms with Gasteiger partial charge in [0.05, 0.1) is 12.0 Å². The fourth-order valence-corrected chi connectivity index (χ4v) is 3.61. The van der Waals surface area contributed by atoms with Gasteiger partial charge in [0, 0.05) is 6.04 Å². The van der Waals surface area contributed by atoms with Gasteiger partial charge in [-0.2, -0.15) is 0 Å². The monoisotopic (exact) mass is 331 g/mol. The first-order valence-corrected chi connectivity index (χ1v) is 8.42. The van der Waals surface area contributed by atoms with Gasteiger partial charge in [0.15, 0.2) is 18.2 Å². The quantitative estimate of drug-likeness (QED) is 0.801. The summed E-state index contributed by atoms with van der Waals surface area (Å²) in [7, 11) is -2.57. The highest BCUT2D eigenvalue weighted by Crippen LogP contribution is 2.23. The van der Waals surface area contributed by atoms with E-state index in [9.17, 15) is 17.6 Å². The minimum absolute atomic E-state index is 0.0942. The molecule has 1 saturated carbocycles. The van der Waals surface area contributed by atoms with Crippen molar-refractivity contribution in [2.45, 2.75) is 36.6 Å². The van der Waals surface area contributed by atoms with Crippen molar-refractivity contribution in [2.24, 2.45) is 0 Å². The molecule has 1 aromatic carbocycles. The van der Waals surface area contributed by atoms with Crippen LogP contribution in [0, 0.1) is 5.82 Å². The van der Waals surface area contributed by atoms with Gasteiger partial charge >= 0.3 is 5.97 Å². The molecule has 0 atom stereocenters. The Morgan fingerprint density at radius 1 is 1.36 bits per heavy atom. The summed E-state index contributed by atoms with van der Waals surface area (Å²) in [4.78, 5) is 10.8. The summed E-state index contributed by atoms with van der Waals surface area (Å²) in [6, 6.07) is 3.21. The SMILES string of the molecule is COC(=O)COc1ccc(S(=O)(=O)NC2CCCC2)cc1F. The Morgan fingerprint density at radius 2 is 2.05 bits per heavy atom. The van der Waals surface area contributed by atoms with Gasteiger partial charge in [-0.15, -0.1) is 0 Å². The Bertz CT molecular complexity index is 641. The van der Waals surface area contributed by atoms with E-state index in [1.807, 2.05) is 0 Å². The lowest BCUT2D eigenvalue weighted by Crippen LogP contribution is -2.32. The molecule has 1 aliphatic rings. The number of benzene rings is 1. The molecule has 0 unspecified atom stereocenters. The van der Waals surface area contributed by atoms with Crippen molar-refractivity contribution >= 4 is 16.0 Å². The van der Waals surface area contributed by atoms with Gasteiger partial charge in [-0.3, -0.25) is 0 Å². The molecule has 2 rings (SSSR count). The molecule has 1 N–H and O–H groups in total. The molecule has 8 heteroatoms. The van der Waals surface area contributed by atoms with Crippen LogP contribution >= 0.6 is 0 Å². The van der Waals surface area contributed by atoms with Crippen LogP contribution in [-0.2, 0) is 19.6 Å². The number of hydrogen-bond acceptors (Lipinski definition) is 5. The summed E-state index contributed by atoms with van der Waals surface area (Å²) in [5, 5.41) is 0. The van der Waals surface area contributed by atoms with Crippen molar-refractivity contribution in [3.63, 3.8) is 0 Å². The smallest absolute Gasteiger partial charge is 0.343 e. The van der Waals surface area contributed by atoms with Gasteiger partial charge in [0.25, 0.3) is 0 Å². The maximum absolute atomic E-state index is 13.9. The second kappa shape index (κ2) is 7.06. The molecular formula is C14H18FNO5S. The van der Waals surface area contributed by atoms with Crippen molar-refractivity contribution < 1.29 is 27.1 Å². The fourth-order valence-electron chi connectivity index (χ4n) is 2.29. The molecular weight excluding hydrogens is 313 g/mol. The molecule has 6 nitrogen and oxygen atoms in total. The Labute approximate surface area is 128 Å². The number of sulfonamides is 1. The third-order valence-electron chi connectivity index (χ3n) is 3.46. The number of ether oxygens (including phenoxy) is 2. The molecule has 0 bridgehead atoms. The molecule has 0 spiro atoms. The van der Waals surface area contributed by atoms with Gasteiger partial charge in [-0.05, 0) is 31.0 Å². The number of carbonyl (C=O) groups excluding carboxylic acids is 1. The zero-order chi connectivity index (χ0) is 16.2. The standard InChI is InChI=1S/C14H18FNO5S/c1-20-14(17)9-21-13-7-6-11(8-12(13)15)22(18,19)16-10-4-2-3-5-10/h6-8,10,16H,2-5,9H2,1H3. The van der Waals surface area contributed by atoms with Crippen LogP contribution in [0.1, 0.15) is 25.7 Å². The number of hydrogen-bond donors (Lipinski definition) is 1. The predicted molar refractivity (Wildman–Crippen MR) is 76.5 cm³/mol. The number of nitrogens with one attached hydrogen (secondary N) is 1. The summed E-state index contributed by atoms with van der Waals surface area (Å²) >= 11 is 0. The first-order chi connectivity index (χ1) is 10.4. The highest BCUT2D eigenvalue weighted by molar-refractivity contribution is 7.89. The Balaban J connectivity index is 2.08. The molecule has 0 saturated heterocycles. The van der Waals surface area contributed by atoms with Gasteiger partial charge < -0.3 is 9.47 Å². The van der Waals surface area contributed by atoms with Crippen LogP contribution in [0.15, 0.2) is 23.1 Å². The highest BCUT2D eigenvalue weighted by Gasteiger charge is 2.23. The lowest BCUT2D eigenvalue weighted by Gasteiger charge is -2.13. The van der Waals surface area contributed by atoms with Crippen LogP contribution in [0.25, 0.3) is 0 Å². The van der Waals surface area contributed by atoms with Crippen molar-refractivity contribution in [3.05, 3.63) is 24.0 Å². The maximum Gasteiger partial charge on any atom is 0.343 e. The molecule has 0 aromatic heterocycles. The van der Waals surface area contributed by atoms with Gasteiger partial charge in [-0.25, -0.2) is 22.3 Å². The average molecular weight is 331 g/mol. The van der Waals surface area contributed by atoms with Crippen molar-refractivity contribution in [1.29, 1.82) is 0 Å². The highest BCUT2D eigenvalue weighted by atomic mass is 32.2. The molecule has 1 aromatic rings. The lowest BCUT2D eigenvalue weighted by atomic mass is 10.3. The largest absolute Gasteiger partial charge is 0.479 e. The molecule has 1 aliphatic carbocycles. The molecule has 0 heterocycles. The Hall–Kier alpha value is -1.67. The van der Waals surface area contributed by atoms with Gasteiger partial charge in [0.2, 0.25) is 10.0 Å². The summed E-state index contributed by atoms with van der Waals surface area (Å²) in [6.45, 7) is -0.445. The molecule has 1 fully saturated rings. The predicted octanol–water partition coefficient (Wildman–Crippen LogP) is 1.60. The third kappa shape index (κ3) is 4.17. The second-order valence-corrected chi connectivity index (χ2v) is 6.77. The van der Waals surface area contributed by atoms with E-state index < -0.39 is 28.4 Å². The average Bonchev–Trinajstić information content (AvgIpc) is 2.97. The van der Waals surface area contributed by atoms with Crippen LogP contribution in [-0.4, -0.2) is 34.1 Å². The van der Waals surface area contributed by atoms with E-state index in [-0.39, 0.29) is 16.7 Å². The number of carbonyl (C=O) groups is 1. The maximum atomic E-state index is 13.9. The first-order valence-electron chi connectivity index (χ1n) is 6.94. The van der Waals surface area contributed by atoms with E-state index in [1.54, 1.807) is 0 Å². The van der Waals surface area contributed by atoms with Crippen molar-refractivity contribution in [3.8, 4) is 5.75 Å². The van der Waals surface area contributed by atoms with Gasteiger partial charge in [0.1, 0.15) is 0 Å².